The summed E-state index contributed by atoms with van der Waals surface area (Å²) in [6.45, 7) is 0. The van der Waals surface area contributed by atoms with E-state index in [0.29, 0.717) is 0 Å². The molecule has 0 fully saturated rings. The maximum atomic E-state index is 9.63. The Bertz CT molecular complexity index is 115. The summed E-state index contributed by atoms with van der Waals surface area (Å²) >= 11 is 0. The molecule has 8 heavy (non-hydrogen) atoms. The topological polar surface area (TPSA) is 43.4 Å². The van der Waals surface area contributed by atoms with E-state index >= 15 is 0 Å². The highest BCUT2D eigenvalue weighted by molar-refractivity contribution is 5.80. The van der Waals surface area contributed by atoms with E-state index in [1.54, 1.807) is 0 Å². The van der Waals surface area contributed by atoms with Crippen molar-refractivity contribution in [2.75, 3.05) is 7.11 Å². The third-order valence-corrected chi connectivity index (χ3v) is 0.511. The highest BCUT2D eigenvalue weighted by Crippen LogP contribution is 1.84. The fourth-order valence-corrected chi connectivity index (χ4v) is 0.184. The van der Waals surface area contributed by atoms with Crippen molar-refractivity contribution < 1.29 is 14.3 Å². The van der Waals surface area contributed by atoms with Crippen LogP contribution in [0.4, 0.5) is 0 Å². The maximum Gasteiger partial charge on any atom is 0.271 e. The van der Waals surface area contributed by atoms with Gasteiger partial charge in [-0.3, -0.25) is 9.59 Å². The van der Waals surface area contributed by atoms with Crippen LogP contribution in [0.5, 0.6) is 0 Å². The number of rotatable bonds is 3. The third kappa shape index (κ3) is 2.12. The minimum atomic E-state index is -0.139. The molecule has 0 aliphatic heterocycles. The van der Waals surface area contributed by atoms with Crippen molar-refractivity contribution in [1.82, 2.24) is 0 Å². The first-order valence-electron chi connectivity index (χ1n) is 1.85. The van der Waals surface area contributed by atoms with E-state index in [9.17, 15) is 9.59 Å². The first-order chi connectivity index (χ1) is 3.85. The predicted octanol–water partition coefficient (Wildman–Crippen LogP) is -0.264. The molecule has 0 aromatic rings. The molecule has 0 atom stereocenters. The van der Waals surface area contributed by atoms with E-state index in [1.165, 1.54) is 19.7 Å². The number of allylic oxidation sites excluding steroid dienone is 2. The second kappa shape index (κ2) is 4.05. The van der Waals surface area contributed by atoms with E-state index in [1.807, 2.05) is 0 Å². The Morgan fingerprint density at radius 1 is 1.62 bits per heavy atom. The molecule has 0 aromatic carbocycles. The number of hydrogen-bond acceptors (Lipinski definition) is 3. The fourth-order valence-electron chi connectivity index (χ4n) is 0.184. The second-order valence-corrected chi connectivity index (χ2v) is 0.933. The van der Waals surface area contributed by atoms with Crippen LogP contribution in [0, 0.1) is 0 Å². The highest BCUT2D eigenvalue weighted by atomic mass is 16.5. The van der Waals surface area contributed by atoms with Gasteiger partial charge >= 0.3 is 0 Å². The Hall–Kier alpha value is -1.12. The normalized spacial score (nSPS) is 10.4. The average molecular weight is 112 g/mol. The van der Waals surface area contributed by atoms with Gasteiger partial charge in [-0.15, -0.1) is 0 Å². The van der Waals surface area contributed by atoms with Crippen LogP contribution in [0.3, 0.4) is 0 Å². The van der Waals surface area contributed by atoms with Gasteiger partial charge in [0.1, 0.15) is 0 Å². The zero-order chi connectivity index (χ0) is 6.41. The molecule has 0 unspecified atom stereocenters. The summed E-state index contributed by atoms with van der Waals surface area (Å²) in [5.41, 5.74) is 0. The minimum absolute atomic E-state index is 0.139. The minimum Gasteiger partial charge on any atom is -0.492 e. The van der Waals surface area contributed by atoms with E-state index < -0.39 is 0 Å². The van der Waals surface area contributed by atoms with Gasteiger partial charge in [0.25, 0.3) is 6.29 Å². The SMILES string of the molecule is CO/C([C]=O)=C\[C]=O. The Morgan fingerprint density at radius 2 is 2.25 bits per heavy atom. The van der Waals surface area contributed by atoms with Crippen molar-refractivity contribution >= 4 is 12.6 Å². The predicted molar refractivity (Wildman–Crippen MR) is 26.5 cm³/mol. The Morgan fingerprint density at radius 3 is 2.38 bits per heavy atom. The quantitative estimate of drug-likeness (QED) is 0.373. The molecule has 0 aromatic heterocycles. The molecule has 0 rings (SSSR count). The number of ether oxygens (including phenoxy) is 1. The van der Waals surface area contributed by atoms with Crippen LogP contribution in [0.2, 0.25) is 0 Å². The molecule has 0 amide bonds. The van der Waals surface area contributed by atoms with Gasteiger partial charge in [-0.1, -0.05) is 0 Å². The summed E-state index contributed by atoms with van der Waals surface area (Å²) < 4.78 is 4.31. The molecule has 0 saturated carbocycles. The van der Waals surface area contributed by atoms with Gasteiger partial charge in [0, 0.05) is 6.08 Å². The van der Waals surface area contributed by atoms with Crippen LogP contribution in [0.15, 0.2) is 11.8 Å². The lowest BCUT2D eigenvalue weighted by molar-refractivity contribution is 0.310. The van der Waals surface area contributed by atoms with Gasteiger partial charge in [-0.2, -0.15) is 0 Å². The molecule has 0 saturated heterocycles. The lowest BCUT2D eigenvalue weighted by atomic mass is 10.5. The average Bonchev–Trinajstić information content (AvgIpc) is 1.83. The first kappa shape index (κ1) is 6.88. The molecule has 0 aliphatic rings. The van der Waals surface area contributed by atoms with Gasteiger partial charge < -0.3 is 4.74 Å². The summed E-state index contributed by atoms with van der Waals surface area (Å²) in [6, 6.07) is 0. The van der Waals surface area contributed by atoms with E-state index in [0.717, 1.165) is 6.08 Å². The van der Waals surface area contributed by atoms with Crippen molar-refractivity contribution in [3.63, 3.8) is 0 Å². The van der Waals surface area contributed by atoms with Crippen LogP contribution in [0.1, 0.15) is 0 Å². The van der Waals surface area contributed by atoms with E-state index in [-0.39, 0.29) is 5.76 Å². The van der Waals surface area contributed by atoms with Crippen LogP contribution >= 0.6 is 0 Å². The molecule has 0 spiro atoms. The molecule has 2 radical (unpaired) electrons. The molecule has 3 heteroatoms. The van der Waals surface area contributed by atoms with Gasteiger partial charge in [0.15, 0.2) is 5.76 Å². The van der Waals surface area contributed by atoms with Crippen molar-refractivity contribution in [3.05, 3.63) is 11.8 Å². The Balaban J connectivity index is 3.84. The van der Waals surface area contributed by atoms with E-state index in [4.69, 9.17) is 0 Å². The molecule has 3 nitrogen and oxygen atoms in total. The first-order valence-corrected chi connectivity index (χ1v) is 1.85. The maximum absolute atomic E-state index is 9.63. The standard InChI is InChI=1S/C5H4O3/c1-8-5(4-7)2-3-6/h2H,1H3/b5-2-. The van der Waals surface area contributed by atoms with Crippen LogP contribution in [0.25, 0.3) is 0 Å². The van der Waals surface area contributed by atoms with Crippen molar-refractivity contribution in [3.8, 4) is 0 Å². The molecule has 0 N–H and O–H groups in total. The summed E-state index contributed by atoms with van der Waals surface area (Å²) in [7, 11) is 1.27. The van der Waals surface area contributed by atoms with Gasteiger partial charge in [0.2, 0.25) is 6.29 Å². The van der Waals surface area contributed by atoms with E-state index in [2.05, 4.69) is 4.74 Å². The summed E-state index contributed by atoms with van der Waals surface area (Å²) in [5, 5.41) is 0. The fraction of sp³-hybridized carbons (Fsp3) is 0.200. The monoisotopic (exact) mass is 112 g/mol. The Labute approximate surface area is 46.9 Å². The number of methoxy groups -OCH3 is 1. The zero-order valence-electron chi connectivity index (χ0n) is 4.30. The molecular formula is C5H4O3. The largest absolute Gasteiger partial charge is 0.492 e. The van der Waals surface area contributed by atoms with Crippen LogP contribution in [-0.4, -0.2) is 19.7 Å². The molecule has 42 valence electrons. The summed E-state index contributed by atoms with van der Waals surface area (Å²) in [6.07, 6.45) is 3.62. The summed E-state index contributed by atoms with van der Waals surface area (Å²) in [4.78, 5) is 19.1. The molecule has 0 aliphatic carbocycles. The van der Waals surface area contributed by atoms with Crippen molar-refractivity contribution in [2.24, 2.45) is 0 Å². The van der Waals surface area contributed by atoms with Gasteiger partial charge in [-0.25, -0.2) is 0 Å². The van der Waals surface area contributed by atoms with Gasteiger partial charge in [0.05, 0.1) is 7.11 Å². The number of carbonyl (C=O) groups excluding carboxylic acids is 2. The lowest BCUT2D eigenvalue weighted by Crippen LogP contribution is -1.86. The molecule has 0 bridgehead atoms. The zero-order valence-corrected chi connectivity index (χ0v) is 4.30. The van der Waals surface area contributed by atoms with Gasteiger partial charge in [-0.05, 0) is 0 Å². The Kier molecular flexibility index (Phi) is 3.48. The second-order valence-electron chi connectivity index (χ2n) is 0.933. The smallest absolute Gasteiger partial charge is 0.271 e. The number of hydrogen-bond donors (Lipinski definition) is 0. The summed E-state index contributed by atoms with van der Waals surface area (Å²) in [5.74, 6) is -0.139. The van der Waals surface area contributed by atoms with Crippen molar-refractivity contribution in [1.29, 1.82) is 0 Å². The third-order valence-electron chi connectivity index (χ3n) is 0.511. The van der Waals surface area contributed by atoms with Crippen molar-refractivity contribution in [2.45, 2.75) is 0 Å². The molecular weight excluding hydrogens is 108 g/mol. The van der Waals surface area contributed by atoms with Crippen LogP contribution < -0.4 is 0 Å². The molecule has 0 heterocycles. The van der Waals surface area contributed by atoms with Crippen LogP contribution in [-0.2, 0) is 14.3 Å². The highest BCUT2D eigenvalue weighted by Gasteiger charge is 1.89. The lowest BCUT2D eigenvalue weighted by Gasteiger charge is -1.88.